The maximum atomic E-state index is 12.9. The number of carbonyl (C=O) groups excluding carboxylic acids is 2. The number of thioether (sulfide) groups is 2. The molecule has 6 nitrogen and oxygen atoms in total. The van der Waals surface area contributed by atoms with Gasteiger partial charge in [-0.15, -0.1) is 0 Å². The zero-order valence-electron chi connectivity index (χ0n) is 33.8. The van der Waals surface area contributed by atoms with Gasteiger partial charge >= 0.3 is 0 Å². The van der Waals surface area contributed by atoms with Crippen molar-refractivity contribution < 1.29 is 19.8 Å². The Morgan fingerprint density at radius 3 is 1.10 bits per heavy atom. The van der Waals surface area contributed by atoms with E-state index < -0.39 is 0 Å². The molecule has 0 heterocycles. The lowest BCUT2D eigenvalue weighted by Gasteiger charge is -2.28. The van der Waals surface area contributed by atoms with E-state index in [4.69, 9.17) is 0 Å². The molecule has 0 saturated heterocycles. The van der Waals surface area contributed by atoms with E-state index in [1.165, 1.54) is 11.1 Å². The van der Waals surface area contributed by atoms with E-state index in [0.29, 0.717) is 34.4 Å². The van der Waals surface area contributed by atoms with Gasteiger partial charge in [0.15, 0.2) is 0 Å². The highest BCUT2D eigenvalue weighted by Gasteiger charge is 2.28. The Morgan fingerprint density at radius 1 is 0.538 bits per heavy atom. The molecule has 3 aromatic carbocycles. The number of hydrogen-bond acceptors (Lipinski definition) is 6. The molecule has 0 fully saturated rings. The molecule has 3 rings (SSSR count). The average Bonchev–Trinajstić information content (AvgIpc) is 3.00. The molecular formula is C44H64N2O4S2. The zero-order chi connectivity index (χ0) is 39.1. The first-order valence-electron chi connectivity index (χ1n) is 18.6. The average molecular weight is 749 g/mol. The minimum Gasteiger partial charge on any atom is -0.507 e. The Hall–Kier alpha value is -3.10. The Morgan fingerprint density at radius 2 is 0.827 bits per heavy atom. The SMILES string of the molecule is CC(C)(C)c1cc(CCCSCC(=O)Nc2ccccc2NC(=O)CSCCCc2cc(C(C)(C)C)c(O)c(C(C)(C)C)c2)cc(C(C)(C)C)c1O. The highest BCUT2D eigenvalue weighted by atomic mass is 32.2. The molecule has 0 aliphatic heterocycles. The molecule has 0 aliphatic carbocycles. The molecule has 4 N–H and O–H groups in total. The normalized spacial score (nSPS) is 12.5. The van der Waals surface area contributed by atoms with Crippen molar-refractivity contribution in [2.24, 2.45) is 0 Å². The molecule has 0 unspecified atom stereocenters. The summed E-state index contributed by atoms with van der Waals surface area (Å²) in [4.78, 5) is 25.7. The summed E-state index contributed by atoms with van der Waals surface area (Å²) in [6.45, 7) is 25.5. The number of para-hydroxylation sites is 2. The molecule has 0 saturated carbocycles. The van der Waals surface area contributed by atoms with Crippen LogP contribution in [0.1, 0.15) is 129 Å². The van der Waals surface area contributed by atoms with Gasteiger partial charge in [-0.25, -0.2) is 0 Å². The number of nitrogens with one attached hydrogen (secondary N) is 2. The number of benzene rings is 3. The van der Waals surface area contributed by atoms with Crippen molar-refractivity contribution >= 4 is 46.7 Å². The highest BCUT2D eigenvalue weighted by molar-refractivity contribution is 8.00. The summed E-state index contributed by atoms with van der Waals surface area (Å²) in [6.07, 6.45) is 3.60. The van der Waals surface area contributed by atoms with Crippen LogP contribution in [-0.4, -0.2) is 45.0 Å². The second kappa shape index (κ2) is 17.8. The molecule has 0 aromatic heterocycles. The quantitative estimate of drug-likeness (QED) is 0.123. The Bertz CT molecular complexity index is 1490. The van der Waals surface area contributed by atoms with Crippen LogP contribution in [0.4, 0.5) is 11.4 Å². The zero-order valence-corrected chi connectivity index (χ0v) is 35.4. The smallest absolute Gasteiger partial charge is 0.234 e. The fraction of sp³-hybridized carbons (Fsp3) is 0.545. The lowest BCUT2D eigenvalue weighted by molar-refractivity contribution is -0.114. The van der Waals surface area contributed by atoms with E-state index in [9.17, 15) is 19.8 Å². The van der Waals surface area contributed by atoms with E-state index in [2.05, 4.69) is 118 Å². The number of phenols is 2. The third-order valence-electron chi connectivity index (χ3n) is 9.02. The summed E-state index contributed by atoms with van der Waals surface area (Å²) in [7, 11) is 0. The Labute approximate surface area is 322 Å². The summed E-state index contributed by atoms with van der Waals surface area (Å²) in [5, 5.41) is 28.0. The van der Waals surface area contributed by atoms with Gasteiger partial charge in [0.05, 0.1) is 22.9 Å². The fourth-order valence-electron chi connectivity index (χ4n) is 6.12. The van der Waals surface area contributed by atoms with Crippen molar-refractivity contribution in [2.45, 2.75) is 130 Å². The van der Waals surface area contributed by atoms with E-state index in [-0.39, 0.29) is 33.5 Å². The predicted molar refractivity (Wildman–Crippen MR) is 226 cm³/mol. The van der Waals surface area contributed by atoms with Crippen LogP contribution in [0.25, 0.3) is 0 Å². The van der Waals surface area contributed by atoms with Crippen LogP contribution < -0.4 is 10.6 Å². The van der Waals surface area contributed by atoms with Crippen LogP contribution in [0.15, 0.2) is 48.5 Å². The van der Waals surface area contributed by atoms with Crippen molar-refractivity contribution in [1.82, 2.24) is 0 Å². The monoisotopic (exact) mass is 748 g/mol. The lowest BCUT2D eigenvalue weighted by atomic mass is 9.78. The molecule has 52 heavy (non-hydrogen) atoms. The van der Waals surface area contributed by atoms with Crippen LogP contribution in [0.3, 0.4) is 0 Å². The van der Waals surface area contributed by atoms with Crippen molar-refractivity contribution in [3.8, 4) is 11.5 Å². The maximum absolute atomic E-state index is 12.9. The molecule has 8 heteroatoms. The lowest BCUT2D eigenvalue weighted by Crippen LogP contribution is -2.19. The molecule has 3 aromatic rings. The van der Waals surface area contributed by atoms with Gasteiger partial charge in [0.25, 0.3) is 0 Å². The highest BCUT2D eigenvalue weighted by Crippen LogP contribution is 2.41. The number of amides is 2. The number of aryl methyl sites for hydroxylation is 2. The standard InChI is InChI=1S/C44H64N2O4S2/c1-41(2,3)31-23-29(24-32(39(31)49)42(4,5)6)17-15-21-51-27-37(47)45-35-19-13-14-20-36(35)46-38(48)28-52-22-16-18-30-25-33(43(7,8)9)40(50)34(26-30)44(10,11)12/h13-14,19-20,23-26,49-50H,15-18,21-22,27-28H2,1-12H3,(H,45,47)(H,46,48). The van der Waals surface area contributed by atoms with Gasteiger partial charge in [0.1, 0.15) is 11.5 Å². The Balaban J connectivity index is 1.46. The number of hydrogen-bond donors (Lipinski definition) is 4. The predicted octanol–water partition coefficient (Wildman–Crippen LogP) is 10.9. The molecule has 0 atom stereocenters. The van der Waals surface area contributed by atoms with Gasteiger partial charge in [-0.2, -0.15) is 23.5 Å². The largest absolute Gasteiger partial charge is 0.507 e. The second-order valence-corrected chi connectivity index (χ2v) is 20.2. The molecule has 0 spiro atoms. The summed E-state index contributed by atoms with van der Waals surface area (Å²) in [5.41, 5.74) is 6.86. The first-order valence-corrected chi connectivity index (χ1v) is 20.9. The summed E-state index contributed by atoms with van der Waals surface area (Å²) in [6, 6.07) is 15.9. The first kappa shape index (κ1) is 43.3. The van der Waals surface area contributed by atoms with E-state index in [0.717, 1.165) is 59.4 Å². The topological polar surface area (TPSA) is 98.7 Å². The van der Waals surface area contributed by atoms with Gasteiger partial charge in [-0.3, -0.25) is 9.59 Å². The van der Waals surface area contributed by atoms with E-state index >= 15 is 0 Å². The van der Waals surface area contributed by atoms with Crippen molar-refractivity contribution in [1.29, 1.82) is 0 Å². The minimum absolute atomic E-state index is 0.103. The van der Waals surface area contributed by atoms with Gasteiger partial charge < -0.3 is 20.8 Å². The van der Waals surface area contributed by atoms with Gasteiger partial charge in [0.2, 0.25) is 11.8 Å². The van der Waals surface area contributed by atoms with Crippen LogP contribution >= 0.6 is 23.5 Å². The number of aromatic hydroxyl groups is 2. The summed E-state index contributed by atoms with van der Waals surface area (Å²) < 4.78 is 0. The first-order chi connectivity index (χ1) is 24.0. The number of rotatable bonds is 14. The third-order valence-corrected chi connectivity index (χ3v) is 11.1. The molecule has 0 aliphatic rings. The van der Waals surface area contributed by atoms with Gasteiger partial charge in [-0.05, 0) is 104 Å². The number of phenolic OH excluding ortho intramolecular Hbond substituents is 2. The maximum Gasteiger partial charge on any atom is 0.234 e. The molecule has 2 amide bonds. The van der Waals surface area contributed by atoms with Crippen molar-refractivity contribution in [3.63, 3.8) is 0 Å². The van der Waals surface area contributed by atoms with Crippen LogP contribution in [0.5, 0.6) is 11.5 Å². The minimum atomic E-state index is -0.162. The van der Waals surface area contributed by atoms with Crippen LogP contribution in [0.2, 0.25) is 0 Å². The van der Waals surface area contributed by atoms with Gasteiger partial charge in [0, 0.05) is 0 Å². The fourth-order valence-corrected chi connectivity index (χ4v) is 7.62. The second-order valence-electron chi connectivity index (χ2n) is 18.0. The van der Waals surface area contributed by atoms with E-state index in [1.807, 2.05) is 24.3 Å². The number of anilines is 2. The molecule has 286 valence electrons. The van der Waals surface area contributed by atoms with Crippen molar-refractivity contribution in [3.05, 3.63) is 81.9 Å². The Kier molecular flexibility index (Phi) is 14.8. The van der Waals surface area contributed by atoms with E-state index in [1.54, 1.807) is 23.5 Å². The molecular weight excluding hydrogens is 685 g/mol. The van der Waals surface area contributed by atoms with Gasteiger partial charge in [-0.1, -0.05) is 119 Å². The molecule has 0 bridgehead atoms. The third kappa shape index (κ3) is 12.8. The summed E-state index contributed by atoms with van der Waals surface area (Å²) in [5.74, 6) is 2.91. The van der Waals surface area contributed by atoms with Crippen LogP contribution in [0, 0.1) is 0 Å². The van der Waals surface area contributed by atoms with Crippen molar-refractivity contribution in [2.75, 3.05) is 33.6 Å². The summed E-state index contributed by atoms with van der Waals surface area (Å²) >= 11 is 3.19. The van der Waals surface area contributed by atoms with Crippen LogP contribution in [-0.2, 0) is 44.1 Å². The number of carbonyl (C=O) groups is 2. The molecule has 0 radical (unpaired) electrons.